The van der Waals surface area contributed by atoms with Crippen LogP contribution in [0.4, 0.5) is 4.39 Å². The molecule has 4 nitrogen and oxygen atoms in total. The average molecular weight is 428 g/mol. The summed E-state index contributed by atoms with van der Waals surface area (Å²) in [7, 11) is 0. The first-order chi connectivity index (χ1) is 15.5. The number of nitriles is 1. The number of aromatic nitrogens is 1. The molecule has 5 atom stereocenters. The van der Waals surface area contributed by atoms with Crippen LogP contribution in [0, 0.1) is 34.9 Å². The minimum Gasteiger partial charge on any atom is -0.349 e. The molecule has 2 fully saturated rings. The normalized spacial score (nSPS) is 25.3. The third-order valence-electron chi connectivity index (χ3n) is 7.57. The van der Waals surface area contributed by atoms with Gasteiger partial charge in [-0.05, 0) is 110 Å². The monoisotopic (exact) mass is 427 g/mol. The standard InChI is InChI=1S/C27H26FN3O/c1-16(31-27(32)18-4-2-17(15-29)3-5-18)19-10-20-12-22(13-21(20)11-19)24-8-9-30-26-7-6-23(28)14-25(24)26/h2-9,14,16,19-22H,10-13H2,1H3,(H,31,32)/t16?,19?,20-,21+,22?. The number of nitrogens with one attached hydrogen (secondary N) is 1. The van der Waals surface area contributed by atoms with Gasteiger partial charge in [0, 0.05) is 23.2 Å². The Bertz CT molecular complexity index is 1190. The maximum atomic E-state index is 13.9. The molecule has 2 aromatic carbocycles. The number of nitrogens with zero attached hydrogens (tertiary/aromatic N) is 2. The molecule has 5 heteroatoms. The fraction of sp³-hybridized carbons (Fsp3) is 0.370. The van der Waals surface area contributed by atoms with Gasteiger partial charge in [0.05, 0.1) is 17.1 Å². The van der Waals surface area contributed by atoms with Gasteiger partial charge in [-0.1, -0.05) is 0 Å². The van der Waals surface area contributed by atoms with Crippen molar-refractivity contribution >= 4 is 16.8 Å². The zero-order valence-corrected chi connectivity index (χ0v) is 18.1. The third kappa shape index (κ3) is 3.86. The van der Waals surface area contributed by atoms with Crippen LogP contribution in [0.1, 0.15) is 60.0 Å². The lowest BCUT2D eigenvalue weighted by Crippen LogP contribution is -2.37. The van der Waals surface area contributed by atoms with Crippen LogP contribution in [0.3, 0.4) is 0 Å². The van der Waals surface area contributed by atoms with Crippen LogP contribution in [-0.2, 0) is 0 Å². The van der Waals surface area contributed by atoms with Crippen molar-refractivity contribution in [3.05, 3.63) is 77.2 Å². The van der Waals surface area contributed by atoms with Gasteiger partial charge in [-0.15, -0.1) is 0 Å². The summed E-state index contributed by atoms with van der Waals surface area (Å²) < 4.78 is 13.9. The lowest BCUT2D eigenvalue weighted by molar-refractivity contribution is 0.0925. The largest absolute Gasteiger partial charge is 0.349 e. The number of amides is 1. The van der Waals surface area contributed by atoms with Gasteiger partial charge in [0.2, 0.25) is 0 Å². The number of benzene rings is 2. The first kappa shape index (κ1) is 20.6. The Morgan fingerprint density at radius 3 is 2.50 bits per heavy atom. The van der Waals surface area contributed by atoms with Gasteiger partial charge < -0.3 is 5.32 Å². The smallest absolute Gasteiger partial charge is 0.251 e. The van der Waals surface area contributed by atoms with E-state index in [1.165, 1.54) is 11.6 Å². The molecule has 2 saturated carbocycles. The van der Waals surface area contributed by atoms with E-state index in [1.54, 1.807) is 36.4 Å². The van der Waals surface area contributed by atoms with E-state index >= 15 is 0 Å². The Morgan fingerprint density at radius 2 is 1.81 bits per heavy atom. The highest BCUT2D eigenvalue weighted by molar-refractivity contribution is 5.94. The number of pyridine rings is 1. The van der Waals surface area contributed by atoms with Crippen molar-refractivity contribution in [2.24, 2.45) is 17.8 Å². The summed E-state index contributed by atoms with van der Waals surface area (Å²) in [5, 5.41) is 13.0. The second-order valence-corrected chi connectivity index (χ2v) is 9.43. The SMILES string of the molecule is CC(NC(=O)c1ccc(C#N)cc1)C1C[C@H]2CC(c3ccnc4ccc(F)cc34)C[C@H]2C1. The first-order valence-corrected chi connectivity index (χ1v) is 11.4. The topological polar surface area (TPSA) is 65.8 Å². The highest BCUT2D eigenvalue weighted by Gasteiger charge is 2.43. The molecule has 1 heterocycles. The van der Waals surface area contributed by atoms with Gasteiger partial charge in [0.15, 0.2) is 0 Å². The van der Waals surface area contributed by atoms with Gasteiger partial charge >= 0.3 is 0 Å². The summed E-state index contributed by atoms with van der Waals surface area (Å²) in [4.78, 5) is 17.0. The lowest BCUT2D eigenvalue weighted by Gasteiger charge is -2.23. The molecule has 162 valence electrons. The molecule has 2 aliphatic carbocycles. The molecule has 3 unspecified atom stereocenters. The van der Waals surface area contributed by atoms with Gasteiger partial charge in [-0.2, -0.15) is 5.26 Å². The van der Waals surface area contributed by atoms with Crippen LogP contribution in [0.15, 0.2) is 54.7 Å². The number of halogens is 1. The zero-order chi connectivity index (χ0) is 22.2. The number of rotatable bonds is 4. The van der Waals surface area contributed by atoms with E-state index in [9.17, 15) is 9.18 Å². The number of fused-ring (bicyclic) bond motifs is 2. The minimum absolute atomic E-state index is 0.0813. The van der Waals surface area contributed by atoms with Crippen LogP contribution in [0.2, 0.25) is 0 Å². The summed E-state index contributed by atoms with van der Waals surface area (Å²) in [5.41, 5.74) is 3.23. The Balaban J connectivity index is 1.23. The van der Waals surface area contributed by atoms with E-state index in [2.05, 4.69) is 29.4 Å². The molecule has 2 aliphatic rings. The van der Waals surface area contributed by atoms with Crippen LogP contribution in [0.5, 0.6) is 0 Å². The summed E-state index contributed by atoms with van der Waals surface area (Å²) >= 11 is 0. The number of carbonyl (C=O) groups is 1. The van der Waals surface area contributed by atoms with Gasteiger partial charge in [0.25, 0.3) is 5.91 Å². The van der Waals surface area contributed by atoms with E-state index in [4.69, 9.17) is 5.26 Å². The molecule has 0 spiro atoms. The number of carbonyl (C=O) groups excluding carboxylic acids is 1. The maximum Gasteiger partial charge on any atom is 0.251 e. The van der Waals surface area contributed by atoms with Gasteiger partial charge in [-0.3, -0.25) is 9.78 Å². The quantitative estimate of drug-likeness (QED) is 0.591. The van der Waals surface area contributed by atoms with Crippen molar-refractivity contribution in [3.63, 3.8) is 0 Å². The zero-order valence-electron chi connectivity index (χ0n) is 18.1. The predicted molar refractivity (Wildman–Crippen MR) is 121 cm³/mol. The highest BCUT2D eigenvalue weighted by atomic mass is 19.1. The van der Waals surface area contributed by atoms with Crippen molar-refractivity contribution in [3.8, 4) is 6.07 Å². The second-order valence-electron chi connectivity index (χ2n) is 9.43. The van der Waals surface area contributed by atoms with E-state index in [-0.39, 0.29) is 17.8 Å². The molecule has 1 aromatic heterocycles. The van der Waals surface area contributed by atoms with Crippen molar-refractivity contribution in [1.29, 1.82) is 5.26 Å². The Hall–Kier alpha value is -3.26. The van der Waals surface area contributed by atoms with E-state index in [0.717, 1.165) is 36.6 Å². The first-order valence-electron chi connectivity index (χ1n) is 11.4. The Labute approximate surface area is 187 Å². The fourth-order valence-corrected chi connectivity index (χ4v) is 5.93. The predicted octanol–water partition coefficient (Wildman–Crippen LogP) is 5.58. The molecule has 5 rings (SSSR count). The second kappa shape index (κ2) is 8.35. The van der Waals surface area contributed by atoms with Crippen molar-refractivity contribution in [2.75, 3.05) is 0 Å². The molecule has 0 aliphatic heterocycles. The molecular weight excluding hydrogens is 401 g/mol. The van der Waals surface area contributed by atoms with Crippen LogP contribution in [0.25, 0.3) is 10.9 Å². The van der Waals surface area contributed by atoms with Crippen molar-refractivity contribution < 1.29 is 9.18 Å². The van der Waals surface area contributed by atoms with E-state index in [0.29, 0.717) is 34.8 Å². The van der Waals surface area contributed by atoms with E-state index in [1.807, 2.05) is 6.20 Å². The summed E-state index contributed by atoms with van der Waals surface area (Å²) in [5.74, 6) is 1.92. The van der Waals surface area contributed by atoms with Gasteiger partial charge in [-0.25, -0.2) is 4.39 Å². The van der Waals surface area contributed by atoms with Crippen LogP contribution < -0.4 is 5.32 Å². The summed E-state index contributed by atoms with van der Waals surface area (Å²) in [6.45, 7) is 2.10. The summed E-state index contributed by atoms with van der Waals surface area (Å²) in [6.07, 6.45) is 6.31. The molecule has 1 amide bonds. The molecule has 32 heavy (non-hydrogen) atoms. The molecule has 1 N–H and O–H groups in total. The lowest BCUT2D eigenvalue weighted by atomic mass is 9.88. The summed E-state index contributed by atoms with van der Waals surface area (Å²) in [6, 6.07) is 15.9. The highest BCUT2D eigenvalue weighted by Crippen LogP contribution is 2.53. The van der Waals surface area contributed by atoms with Gasteiger partial charge in [0.1, 0.15) is 5.82 Å². The molecular formula is C27H26FN3O. The van der Waals surface area contributed by atoms with Crippen molar-refractivity contribution in [1.82, 2.24) is 10.3 Å². The Morgan fingerprint density at radius 1 is 1.09 bits per heavy atom. The van der Waals surface area contributed by atoms with Crippen LogP contribution in [-0.4, -0.2) is 16.9 Å². The molecule has 3 aromatic rings. The van der Waals surface area contributed by atoms with E-state index < -0.39 is 0 Å². The third-order valence-corrected chi connectivity index (χ3v) is 7.57. The average Bonchev–Trinajstić information content (AvgIpc) is 3.38. The number of hydrogen-bond acceptors (Lipinski definition) is 3. The Kier molecular flexibility index (Phi) is 5.38. The van der Waals surface area contributed by atoms with Crippen molar-refractivity contribution in [2.45, 2.75) is 44.6 Å². The number of hydrogen-bond donors (Lipinski definition) is 1. The minimum atomic E-state index is -0.211. The molecule has 0 radical (unpaired) electrons. The molecule has 0 bridgehead atoms. The van der Waals surface area contributed by atoms with Crippen LogP contribution >= 0.6 is 0 Å². The fourth-order valence-electron chi connectivity index (χ4n) is 5.93. The maximum absolute atomic E-state index is 13.9. The molecule has 0 saturated heterocycles.